The van der Waals surface area contributed by atoms with E-state index in [4.69, 9.17) is 10.5 Å². The van der Waals surface area contributed by atoms with Crippen molar-refractivity contribution >= 4 is 12.4 Å². The molecule has 120 valence electrons. The number of hydrogen-bond acceptors (Lipinski definition) is 3. The Hall–Kier alpha value is -1.55. The molecule has 0 saturated carbocycles. The number of nitrogens with two attached hydrogens (primary N) is 1. The zero-order chi connectivity index (χ0) is 15.1. The Kier molecular flexibility index (Phi) is 7.96. The lowest BCUT2D eigenvalue weighted by Crippen LogP contribution is -2.28. The van der Waals surface area contributed by atoms with Crippen LogP contribution in [0.15, 0.2) is 48.5 Å². The zero-order valence-corrected chi connectivity index (χ0v) is 14.1. The van der Waals surface area contributed by atoms with Gasteiger partial charge in [-0.2, -0.15) is 0 Å². The van der Waals surface area contributed by atoms with Gasteiger partial charge in [0.1, 0.15) is 5.75 Å². The standard InChI is InChI=1S/C18H24N2O.ClH/c1-15-8-9-18(21-2)17(12-15)14-20(11-10-19)13-16-6-4-3-5-7-16;/h3-9,12H,10-11,13-14,19H2,1-2H3;1H. The molecule has 0 aliphatic rings. The summed E-state index contributed by atoms with van der Waals surface area (Å²) in [4.78, 5) is 2.35. The minimum atomic E-state index is 0. The van der Waals surface area contributed by atoms with Gasteiger partial charge in [-0.3, -0.25) is 4.90 Å². The lowest BCUT2D eigenvalue weighted by atomic mass is 10.1. The Morgan fingerprint density at radius 3 is 2.41 bits per heavy atom. The molecule has 0 saturated heterocycles. The predicted molar refractivity (Wildman–Crippen MR) is 94.6 cm³/mol. The summed E-state index contributed by atoms with van der Waals surface area (Å²) in [5.41, 5.74) is 9.53. The molecular weight excluding hydrogens is 296 g/mol. The van der Waals surface area contributed by atoms with Gasteiger partial charge < -0.3 is 10.5 Å². The number of methoxy groups -OCH3 is 1. The largest absolute Gasteiger partial charge is 0.496 e. The highest BCUT2D eigenvalue weighted by atomic mass is 35.5. The summed E-state index contributed by atoms with van der Waals surface area (Å²) < 4.78 is 5.47. The summed E-state index contributed by atoms with van der Waals surface area (Å²) in [6.45, 7) is 5.37. The summed E-state index contributed by atoms with van der Waals surface area (Å²) in [5.74, 6) is 0.940. The first-order valence-electron chi connectivity index (χ1n) is 7.33. The average Bonchev–Trinajstić information content (AvgIpc) is 2.49. The third-order valence-corrected chi connectivity index (χ3v) is 3.52. The van der Waals surface area contributed by atoms with Gasteiger partial charge in [-0.1, -0.05) is 48.0 Å². The molecule has 0 bridgehead atoms. The van der Waals surface area contributed by atoms with Crippen LogP contribution in [0.2, 0.25) is 0 Å². The Morgan fingerprint density at radius 1 is 1.05 bits per heavy atom. The second-order valence-corrected chi connectivity index (χ2v) is 5.30. The maximum absolute atomic E-state index is 5.76. The smallest absolute Gasteiger partial charge is 0.123 e. The molecule has 2 aromatic rings. The monoisotopic (exact) mass is 320 g/mol. The minimum Gasteiger partial charge on any atom is -0.496 e. The summed E-state index contributed by atoms with van der Waals surface area (Å²) in [7, 11) is 1.72. The fourth-order valence-electron chi connectivity index (χ4n) is 2.51. The first kappa shape index (κ1) is 18.5. The van der Waals surface area contributed by atoms with E-state index in [1.807, 2.05) is 12.1 Å². The fraction of sp³-hybridized carbons (Fsp3) is 0.333. The summed E-state index contributed by atoms with van der Waals surface area (Å²) in [6, 6.07) is 16.8. The van der Waals surface area contributed by atoms with Gasteiger partial charge in [-0.15, -0.1) is 12.4 Å². The fourth-order valence-corrected chi connectivity index (χ4v) is 2.51. The van der Waals surface area contributed by atoms with Gasteiger partial charge in [0.15, 0.2) is 0 Å². The van der Waals surface area contributed by atoms with Crippen LogP contribution in [0.4, 0.5) is 0 Å². The van der Waals surface area contributed by atoms with E-state index in [1.165, 1.54) is 16.7 Å². The van der Waals surface area contributed by atoms with E-state index in [1.54, 1.807) is 7.11 Å². The maximum atomic E-state index is 5.76. The Bertz CT molecular complexity index is 560. The van der Waals surface area contributed by atoms with Crippen LogP contribution in [0.5, 0.6) is 5.75 Å². The normalized spacial score (nSPS) is 10.4. The second kappa shape index (κ2) is 9.46. The lowest BCUT2D eigenvalue weighted by molar-refractivity contribution is 0.259. The average molecular weight is 321 g/mol. The van der Waals surface area contributed by atoms with Gasteiger partial charge in [0.2, 0.25) is 0 Å². The van der Waals surface area contributed by atoms with Gasteiger partial charge in [0, 0.05) is 31.7 Å². The van der Waals surface area contributed by atoms with Gasteiger partial charge in [0.25, 0.3) is 0 Å². The van der Waals surface area contributed by atoms with Crippen molar-refractivity contribution in [1.29, 1.82) is 0 Å². The molecule has 0 amide bonds. The van der Waals surface area contributed by atoms with Crippen LogP contribution >= 0.6 is 12.4 Å². The van der Waals surface area contributed by atoms with Crippen molar-refractivity contribution in [2.24, 2.45) is 5.73 Å². The van der Waals surface area contributed by atoms with E-state index in [0.717, 1.165) is 25.4 Å². The third-order valence-electron chi connectivity index (χ3n) is 3.52. The van der Waals surface area contributed by atoms with Crippen molar-refractivity contribution in [3.63, 3.8) is 0 Å². The van der Waals surface area contributed by atoms with E-state index >= 15 is 0 Å². The van der Waals surface area contributed by atoms with Crippen molar-refractivity contribution < 1.29 is 4.74 Å². The lowest BCUT2D eigenvalue weighted by Gasteiger charge is -2.23. The highest BCUT2D eigenvalue weighted by Gasteiger charge is 2.10. The van der Waals surface area contributed by atoms with E-state index in [2.05, 4.69) is 48.2 Å². The highest BCUT2D eigenvalue weighted by Crippen LogP contribution is 2.22. The molecule has 0 heterocycles. The minimum absolute atomic E-state index is 0. The molecule has 0 aromatic heterocycles. The number of ether oxygens (including phenoxy) is 1. The number of benzene rings is 2. The Morgan fingerprint density at radius 2 is 1.77 bits per heavy atom. The molecule has 0 fully saturated rings. The van der Waals surface area contributed by atoms with Crippen LogP contribution in [0, 0.1) is 6.92 Å². The molecule has 0 unspecified atom stereocenters. The van der Waals surface area contributed by atoms with E-state index in [0.29, 0.717) is 6.54 Å². The SMILES string of the molecule is COc1ccc(C)cc1CN(CCN)Cc1ccccc1.Cl. The molecule has 4 heteroatoms. The van der Waals surface area contributed by atoms with Gasteiger partial charge in [-0.25, -0.2) is 0 Å². The number of halogens is 1. The summed E-state index contributed by atoms with van der Waals surface area (Å²) >= 11 is 0. The topological polar surface area (TPSA) is 38.5 Å². The molecule has 0 atom stereocenters. The van der Waals surface area contributed by atoms with Crippen molar-refractivity contribution in [3.05, 3.63) is 65.2 Å². The molecular formula is C18H25ClN2O. The van der Waals surface area contributed by atoms with Crippen molar-refractivity contribution in [1.82, 2.24) is 4.90 Å². The molecule has 3 nitrogen and oxygen atoms in total. The molecule has 2 aromatic carbocycles. The zero-order valence-electron chi connectivity index (χ0n) is 13.3. The predicted octanol–water partition coefficient (Wildman–Crippen LogP) is 3.39. The first-order chi connectivity index (χ1) is 10.2. The molecule has 2 N–H and O–H groups in total. The number of hydrogen-bond donors (Lipinski definition) is 1. The molecule has 0 aliphatic carbocycles. The van der Waals surface area contributed by atoms with Crippen LogP contribution in [0.25, 0.3) is 0 Å². The highest BCUT2D eigenvalue weighted by molar-refractivity contribution is 5.85. The Balaban J connectivity index is 0.00000242. The van der Waals surface area contributed by atoms with Gasteiger partial charge in [-0.05, 0) is 18.6 Å². The van der Waals surface area contributed by atoms with E-state index in [-0.39, 0.29) is 12.4 Å². The van der Waals surface area contributed by atoms with Crippen LogP contribution in [0.3, 0.4) is 0 Å². The van der Waals surface area contributed by atoms with E-state index < -0.39 is 0 Å². The maximum Gasteiger partial charge on any atom is 0.123 e. The van der Waals surface area contributed by atoms with Crippen LogP contribution in [-0.2, 0) is 13.1 Å². The van der Waals surface area contributed by atoms with Gasteiger partial charge in [0.05, 0.1) is 7.11 Å². The van der Waals surface area contributed by atoms with Crippen LogP contribution in [-0.4, -0.2) is 25.1 Å². The van der Waals surface area contributed by atoms with Crippen LogP contribution < -0.4 is 10.5 Å². The summed E-state index contributed by atoms with van der Waals surface area (Å²) in [6.07, 6.45) is 0. The quantitative estimate of drug-likeness (QED) is 0.850. The first-order valence-corrected chi connectivity index (χ1v) is 7.33. The molecule has 2 rings (SSSR count). The third kappa shape index (κ3) is 5.34. The van der Waals surface area contributed by atoms with Crippen molar-refractivity contribution in [3.8, 4) is 5.75 Å². The van der Waals surface area contributed by atoms with Gasteiger partial charge >= 0.3 is 0 Å². The molecule has 0 spiro atoms. The molecule has 22 heavy (non-hydrogen) atoms. The molecule has 0 aliphatic heterocycles. The van der Waals surface area contributed by atoms with Crippen molar-refractivity contribution in [2.45, 2.75) is 20.0 Å². The molecule has 0 radical (unpaired) electrons. The number of rotatable bonds is 7. The van der Waals surface area contributed by atoms with Crippen molar-refractivity contribution in [2.75, 3.05) is 20.2 Å². The Labute approximate surface area is 139 Å². The number of nitrogens with zero attached hydrogens (tertiary/aromatic N) is 1. The number of aryl methyl sites for hydroxylation is 1. The second-order valence-electron chi connectivity index (χ2n) is 5.30. The van der Waals surface area contributed by atoms with Crippen LogP contribution in [0.1, 0.15) is 16.7 Å². The van der Waals surface area contributed by atoms with E-state index in [9.17, 15) is 0 Å². The summed E-state index contributed by atoms with van der Waals surface area (Å²) in [5, 5.41) is 0.